The Morgan fingerprint density at radius 3 is 2.14 bits per heavy atom. The van der Waals surface area contributed by atoms with Crippen LogP contribution in [-0.2, 0) is 9.59 Å². The van der Waals surface area contributed by atoms with Crippen molar-refractivity contribution in [1.82, 2.24) is 4.90 Å². The molecule has 0 radical (unpaired) electrons. The molecule has 0 saturated heterocycles. The summed E-state index contributed by atoms with van der Waals surface area (Å²) in [5.41, 5.74) is -1.35. The molecule has 0 fully saturated rings. The molecule has 9 nitrogen and oxygen atoms in total. The SMILES string of the molecule is O=C(O)CN(CC(=O)O)C(=O)c1cc([N+](=O)[O-])ccc1F. The summed E-state index contributed by atoms with van der Waals surface area (Å²) < 4.78 is 13.6. The monoisotopic (exact) mass is 300 g/mol. The van der Waals surface area contributed by atoms with Crippen LogP contribution in [0.25, 0.3) is 0 Å². The van der Waals surface area contributed by atoms with Gasteiger partial charge >= 0.3 is 11.9 Å². The molecule has 21 heavy (non-hydrogen) atoms. The summed E-state index contributed by atoms with van der Waals surface area (Å²) in [6.45, 7) is -1.96. The number of carboxylic acids is 2. The largest absolute Gasteiger partial charge is 0.480 e. The van der Waals surface area contributed by atoms with E-state index >= 15 is 0 Å². The highest BCUT2D eigenvalue weighted by Crippen LogP contribution is 2.18. The lowest BCUT2D eigenvalue weighted by Crippen LogP contribution is -2.39. The van der Waals surface area contributed by atoms with Gasteiger partial charge in [0.25, 0.3) is 11.6 Å². The van der Waals surface area contributed by atoms with Crippen molar-refractivity contribution >= 4 is 23.5 Å². The van der Waals surface area contributed by atoms with Crippen LogP contribution >= 0.6 is 0 Å². The number of carbonyl (C=O) groups is 3. The van der Waals surface area contributed by atoms with Crippen LogP contribution in [0, 0.1) is 15.9 Å². The minimum Gasteiger partial charge on any atom is -0.480 e. The van der Waals surface area contributed by atoms with Gasteiger partial charge in [0.1, 0.15) is 18.9 Å². The highest BCUT2D eigenvalue weighted by molar-refractivity contribution is 5.98. The van der Waals surface area contributed by atoms with E-state index in [-0.39, 0.29) is 0 Å². The fourth-order valence-electron chi connectivity index (χ4n) is 1.49. The topological polar surface area (TPSA) is 138 Å². The highest BCUT2D eigenvalue weighted by atomic mass is 19.1. The number of carboxylic acid groups (broad SMARTS) is 2. The number of nitro benzene ring substituents is 1. The summed E-state index contributed by atoms with van der Waals surface area (Å²) in [4.78, 5) is 43.2. The summed E-state index contributed by atoms with van der Waals surface area (Å²) in [6.07, 6.45) is 0. The van der Waals surface area contributed by atoms with Gasteiger partial charge in [0.15, 0.2) is 0 Å². The van der Waals surface area contributed by atoms with Crippen LogP contribution in [0.5, 0.6) is 0 Å². The van der Waals surface area contributed by atoms with Gasteiger partial charge in [0, 0.05) is 12.1 Å². The van der Waals surface area contributed by atoms with Gasteiger partial charge in [-0.2, -0.15) is 0 Å². The number of hydrogen-bond donors (Lipinski definition) is 2. The van der Waals surface area contributed by atoms with Crippen molar-refractivity contribution in [1.29, 1.82) is 0 Å². The number of hydrogen-bond acceptors (Lipinski definition) is 5. The molecule has 1 amide bonds. The second-order valence-corrected chi connectivity index (χ2v) is 3.87. The van der Waals surface area contributed by atoms with Gasteiger partial charge in [0.05, 0.1) is 10.5 Å². The highest BCUT2D eigenvalue weighted by Gasteiger charge is 2.25. The molecule has 0 heterocycles. The molecule has 0 aromatic heterocycles. The zero-order valence-corrected chi connectivity index (χ0v) is 10.4. The number of nitrogens with zero attached hydrogens (tertiary/aromatic N) is 2. The van der Waals surface area contributed by atoms with Crippen LogP contribution < -0.4 is 0 Å². The van der Waals surface area contributed by atoms with E-state index in [1.54, 1.807) is 0 Å². The van der Waals surface area contributed by atoms with Crippen LogP contribution in [0.15, 0.2) is 18.2 Å². The summed E-state index contributed by atoms with van der Waals surface area (Å²) in [5, 5.41) is 27.8. The Morgan fingerprint density at radius 1 is 1.19 bits per heavy atom. The summed E-state index contributed by atoms with van der Waals surface area (Å²) in [7, 11) is 0. The van der Waals surface area contributed by atoms with Crippen molar-refractivity contribution < 1.29 is 33.9 Å². The molecule has 112 valence electrons. The Balaban J connectivity index is 3.18. The Kier molecular flexibility index (Phi) is 4.89. The van der Waals surface area contributed by atoms with E-state index in [0.29, 0.717) is 17.0 Å². The van der Waals surface area contributed by atoms with Crippen molar-refractivity contribution in [2.45, 2.75) is 0 Å². The van der Waals surface area contributed by atoms with Gasteiger partial charge in [-0.15, -0.1) is 0 Å². The number of carbonyl (C=O) groups excluding carboxylic acids is 1. The molecule has 0 unspecified atom stereocenters. The normalized spacial score (nSPS) is 9.95. The molecule has 1 rings (SSSR count). The number of non-ortho nitro benzene ring substituents is 1. The van der Waals surface area contributed by atoms with Crippen molar-refractivity contribution in [3.05, 3.63) is 39.7 Å². The molecule has 0 saturated carbocycles. The average molecular weight is 300 g/mol. The first-order valence-electron chi connectivity index (χ1n) is 5.39. The number of aliphatic carboxylic acids is 2. The second-order valence-electron chi connectivity index (χ2n) is 3.87. The molecular formula is C11H9FN2O7. The molecule has 0 spiro atoms. The maximum absolute atomic E-state index is 13.6. The van der Waals surface area contributed by atoms with E-state index in [1.807, 2.05) is 0 Å². The fraction of sp³-hybridized carbons (Fsp3) is 0.182. The first-order chi connectivity index (χ1) is 9.72. The van der Waals surface area contributed by atoms with Crippen molar-refractivity contribution in [2.24, 2.45) is 0 Å². The standard InChI is InChI=1S/C11H9FN2O7/c12-8-2-1-6(14(20)21)3-7(8)11(19)13(4-9(15)16)5-10(17)18/h1-3H,4-5H2,(H,15,16)(H,17,18). The summed E-state index contributed by atoms with van der Waals surface area (Å²) in [5.74, 6) is -5.39. The van der Waals surface area contributed by atoms with Crippen LogP contribution in [0.3, 0.4) is 0 Å². The maximum atomic E-state index is 13.6. The number of rotatable bonds is 6. The Hall–Kier alpha value is -3.04. The molecule has 2 N–H and O–H groups in total. The van der Waals surface area contributed by atoms with Crippen LogP contribution in [0.2, 0.25) is 0 Å². The molecule has 0 atom stereocenters. The van der Waals surface area contributed by atoms with Gasteiger partial charge in [-0.3, -0.25) is 24.5 Å². The molecule has 0 aliphatic heterocycles. The molecule has 0 aliphatic rings. The summed E-state index contributed by atoms with van der Waals surface area (Å²) >= 11 is 0. The third-order valence-corrected chi connectivity index (χ3v) is 2.33. The lowest BCUT2D eigenvalue weighted by Gasteiger charge is -2.18. The van der Waals surface area contributed by atoms with Gasteiger partial charge in [-0.25, -0.2) is 4.39 Å². The van der Waals surface area contributed by atoms with E-state index in [0.717, 1.165) is 6.07 Å². The van der Waals surface area contributed by atoms with Gasteiger partial charge in [-0.05, 0) is 6.07 Å². The van der Waals surface area contributed by atoms with E-state index in [4.69, 9.17) is 10.2 Å². The number of nitro groups is 1. The molecule has 1 aromatic carbocycles. The molecule has 0 bridgehead atoms. The molecule has 0 aliphatic carbocycles. The van der Waals surface area contributed by atoms with Gasteiger partial charge in [-0.1, -0.05) is 0 Å². The van der Waals surface area contributed by atoms with Crippen LogP contribution in [0.4, 0.5) is 10.1 Å². The predicted molar refractivity (Wildman–Crippen MR) is 64.2 cm³/mol. The Morgan fingerprint density at radius 2 is 1.71 bits per heavy atom. The van der Waals surface area contributed by atoms with Crippen molar-refractivity contribution in [3.63, 3.8) is 0 Å². The van der Waals surface area contributed by atoms with E-state index in [9.17, 15) is 28.9 Å². The average Bonchev–Trinajstić information content (AvgIpc) is 2.36. The lowest BCUT2D eigenvalue weighted by atomic mass is 10.1. The Labute approximate surface area is 116 Å². The smallest absolute Gasteiger partial charge is 0.323 e. The van der Waals surface area contributed by atoms with Gasteiger partial charge in [0.2, 0.25) is 0 Å². The lowest BCUT2D eigenvalue weighted by molar-refractivity contribution is -0.384. The van der Waals surface area contributed by atoms with E-state index < -0.39 is 52.9 Å². The minimum atomic E-state index is -1.50. The number of halogens is 1. The zero-order valence-electron chi connectivity index (χ0n) is 10.4. The van der Waals surface area contributed by atoms with Crippen LogP contribution in [-0.4, -0.2) is 51.0 Å². The summed E-state index contributed by atoms with van der Waals surface area (Å²) in [6, 6.07) is 2.12. The van der Waals surface area contributed by atoms with Gasteiger partial charge < -0.3 is 15.1 Å². The molecular weight excluding hydrogens is 291 g/mol. The Bertz CT molecular complexity index is 601. The molecule has 10 heteroatoms. The predicted octanol–water partition coefficient (Wildman–Crippen LogP) is 0.345. The first kappa shape index (κ1) is 16.0. The fourth-order valence-corrected chi connectivity index (χ4v) is 1.49. The second kappa shape index (κ2) is 6.41. The van der Waals surface area contributed by atoms with E-state index in [2.05, 4.69) is 0 Å². The minimum absolute atomic E-state index is 0.354. The quantitative estimate of drug-likeness (QED) is 0.570. The molecule has 1 aromatic rings. The third kappa shape index (κ3) is 4.23. The maximum Gasteiger partial charge on any atom is 0.323 e. The third-order valence-electron chi connectivity index (χ3n) is 2.33. The first-order valence-corrected chi connectivity index (χ1v) is 5.39. The van der Waals surface area contributed by atoms with Crippen LogP contribution in [0.1, 0.15) is 10.4 Å². The van der Waals surface area contributed by atoms with Crippen molar-refractivity contribution in [2.75, 3.05) is 13.1 Å². The number of benzene rings is 1. The zero-order chi connectivity index (χ0) is 16.2. The van der Waals surface area contributed by atoms with E-state index in [1.165, 1.54) is 0 Å². The van der Waals surface area contributed by atoms with Crippen molar-refractivity contribution in [3.8, 4) is 0 Å². The number of amides is 1.